The second-order valence-electron chi connectivity index (χ2n) is 4.20. The Kier molecular flexibility index (Phi) is 3.67. The Bertz CT molecular complexity index is 647. The number of aromatic nitrogens is 1. The standard InChI is InChI=1S/C15H11FN2O/c1-10-4-5-14(16)12(7-10)15(19)13(8-17)11-3-2-6-18-9-11/h2-7,9,13H,1H3. The van der Waals surface area contributed by atoms with Crippen LogP contribution in [0, 0.1) is 24.1 Å². The van der Waals surface area contributed by atoms with E-state index in [1.165, 1.54) is 18.3 Å². The summed E-state index contributed by atoms with van der Waals surface area (Å²) in [5.74, 6) is -2.19. The van der Waals surface area contributed by atoms with Crippen LogP contribution in [-0.4, -0.2) is 10.8 Å². The number of nitrogens with zero attached hydrogens (tertiary/aromatic N) is 2. The molecule has 0 amide bonds. The fourth-order valence-electron chi connectivity index (χ4n) is 1.81. The monoisotopic (exact) mass is 254 g/mol. The first-order valence-corrected chi connectivity index (χ1v) is 5.73. The fraction of sp³-hybridized carbons (Fsp3) is 0.133. The molecule has 2 aromatic rings. The van der Waals surface area contributed by atoms with Crippen molar-refractivity contribution in [3.05, 3.63) is 65.2 Å². The Balaban J connectivity index is 2.43. The van der Waals surface area contributed by atoms with Crippen LogP contribution in [0.4, 0.5) is 4.39 Å². The van der Waals surface area contributed by atoms with E-state index in [1.54, 1.807) is 31.3 Å². The number of hydrogen-bond donors (Lipinski definition) is 0. The summed E-state index contributed by atoms with van der Waals surface area (Å²) in [4.78, 5) is 16.1. The van der Waals surface area contributed by atoms with Crippen molar-refractivity contribution in [2.45, 2.75) is 12.8 Å². The summed E-state index contributed by atoms with van der Waals surface area (Å²) in [7, 11) is 0. The van der Waals surface area contributed by atoms with Gasteiger partial charge in [-0.3, -0.25) is 9.78 Å². The molecule has 0 radical (unpaired) electrons. The highest BCUT2D eigenvalue weighted by molar-refractivity contribution is 6.03. The summed E-state index contributed by atoms with van der Waals surface area (Å²) < 4.78 is 13.7. The third kappa shape index (κ3) is 2.66. The summed E-state index contributed by atoms with van der Waals surface area (Å²) >= 11 is 0. The molecular formula is C15H11FN2O. The van der Waals surface area contributed by atoms with Crippen molar-refractivity contribution in [3.8, 4) is 6.07 Å². The number of halogens is 1. The van der Waals surface area contributed by atoms with Crippen LogP contribution >= 0.6 is 0 Å². The zero-order valence-corrected chi connectivity index (χ0v) is 10.3. The van der Waals surface area contributed by atoms with Gasteiger partial charge in [0.15, 0.2) is 5.78 Å². The second kappa shape index (κ2) is 5.40. The van der Waals surface area contributed by atoms with Crippen LogP contribution in [-0.2, 0) is 0 Å². The maximum atomic E-state index is 13.7. The Morgan fingerprint density at radius 3 is 2.84 bits per heavy atom. The molecule has 0 N–H and O–H groups in total. The molecule has 1 unspecified atom stereocenters. The summed E-state index contributed by atoms with van der Waals surface area (Å²) in [6.07, 6.45) is 3.00. The Morgan fingerprint density at radius 2 is 2.21 bits per heavy atom. The van der Waals surface area contributed by atoms with Gasteiger partial charge < -0.3 is 0 Å². The lowest BCUT2D eigenvalue weighted by atomic mass is 9.92. The van der Waals surface area contributed by atoms with Gasteiger partial charge in [-0.05, 0) is 30.7 Å². The highest BCUT2D eigenvalue weighted by Crippen LogP contribution is 2.22. The molecule has 4 heteroatoms. The van der Waals surface area contributed by atoms with E-state index < -0.39 is 17.5 Å². The average molecular weight is 254 g/mol. The van der Waals surface area contributed by atoms with Gasteiger partial charge in [-0.1, -0.05) is 17.7 Å². The number of carbonyl (C=O) groups excluding carboxylic acids is 1. The molecule has 0 aliphatic heterocycles. The molecular weight excluding hydrogens is 243 g/mol. The van der Waals surface area contributed by atoms with Crippen LogP contribution < -0.4 is 0 Å². The fourth-order valence-corrected chi connectivity index (χ4v) is 1.81. The first kappa shape index (κ1) is 12.9. The first-order valence-electron chi connectivity index (χ1n) is 5.73. The van der Waals surface area contributed by atoms with E-state index in [1.807, 2.05) is 6.07 Å². The van der Waals surface area contributed by atoms with Crippen LogP contribution in [0.25, 0.3) is 0 Å². The maximum absolute atomic E-state index is 13.7. The first-order chi connectivity index (χ1) is 9.13. The van der Waals surface area contributed by atoms with Crippen LogP contribution in [0.2, 0.25) is 0 Å². The minimum atomic E-state index is -1.04. The molecule has 0 saturated carbocycles. The molecule has 0 spiro atoms. The molecule has 94 valence electrons. The topological polar surface area (TPSA) is 53.8 Å². The van der Waals surface area contributed by atoms with Crippen LogP contribution in [0.15, 0.2) is 42.7 Å². The minimum Gasteiger partial charge on any atom is -0.292 e. The number of hydrogen-bond acceptors (Lipinski definition) is 3. The van der Waals surface area contributed by atoms with Crippen LogP contribution in [0.3, 0.4) is 0 Å². The number of carbonyl (C=O) groups is 1. The normalized spacial score (nSPS) is 11.6. The molecule has 1 atom stereocenters. The molecule has 0 bridgehead atoms. The van der Waals surface area contributed by atoms with E-state index >= 15 is 0 Å². The summed E-state index contributed by atoms with van der Waals surface area (Å²) in [5, 5.41) is 9.15. The van der Waals surface area contributed by atoms with Gasteiger partial charge >= 0.3 is 0 Å². The van der Waals surface area contributed by atoms with Crippen molar-refractivity contribution in [1.29, 1.82) is 5.26 Å². The number of aryl methyl sites for hydroxylation is 1. The predicted octanol–water partition coefficient (Wildman–Crippen LogP) is 3.02. The molecule has 1 aromatic heterocycles. The van der Waals surface area contributed by atoms with E-state index in [9.17, 15) is 9.18 Å². The minimum absolute atomic E-state index is 0.0598. The Hall–Kier alpha value is -2.54. The van der Waals surface area contributed by atoms with Gasteiger partial charge in [-0.2, -0.15) is 5.26 Å². The maximum Gasteiger partial charge on any atom is 0.187 e. The molecule has 1 heterocycles. The second-order valence-corrected chi connectivity index (χ2v) is 4.20. The van der Waals surface area contributed by atoms with E-state index in [0.717, 1.165) is 5.56 Å². The molecule has 3 nitrogen and oxygen atoms in total. The van der Waals surface area contributed by atoms with Crippen molar-refractivity contribution < 1.29 is 9.18 Å². The quantitative estimate of drug-likeness (QED) is 0.791. The van der Waals surface area contributed by atoms with E-state index in [-0.39, 0.29) is 5.56 Å². The number of pyridine rings is 1. The lowest BCUT2D eigenvalue weighted by Gasteiger charge is -2.09. The van der Waals surface area contributed by atoms with Crippen LogP contribution in [0.1, 0.15) is 27.4 Å². The third-order valence-corrected chi connectivity index (χ3v) is 2.80. The van der Waals surface area contributed by atoms with E-state index in [4.69, 9.17) is 5.26 Å². The molecule has 1 aromatic carbocycles. The van der Waals surface area contributed by atoms with Gasteiger partial charge in [0.05, 0.1) is 11.6 Å². The Morgan fingerprint density at radius 1 is 1.42 bits per heavy atom. The smallest absolute Gasteiger partial charge is 0.187 e. The van der Waals surface area contributed by atoms with Gasteiger partial charge in [0, 0.05) is 12.4 Å². The lowest BCUT2D eigenvalue weighted by Crippen LogP contribution is -2.13. The van der Waals surface area contributed by atoms with Crippen LogP contribution in [0.5, 0.6) is 0 Å². The van der Waals surface area contributed by atoms with Crippen molar-refractivity contribution in [2.75, 3.05) is 0 Å². The number of ketones is 1. The van der Waals surface area contributed by atoms with Gasteiger partial charge in [-0.25, -0.2) is 4.39 Å². The molecule has 2 rings (SSSR count). The zero-order chi connectivity index (χ0) is 13.8. The summed E-state index contributed by atoms with van der Waals surface area (Å²) in [6.45, 7) is 1.77. The molecule has 19 heavy (non-hydrogen) atoms. The summed E-state index contributed by atoms with van der Waals surface area (Å²) in [6, 6.07) is 9.45. The number of nitriles is 1. The highest BCUT2D eigenvalue weighted by atomic mass is 19.1. The molecule has 0 aliphatic carbocycles. The van der Waals surface area contributed by atoms with Crippen molar-refractivity contribution >= 4 is 5.78 Å². The van der Waals surface area contributed by atoms with E-state index in [0.29, 0.717) is 5.56 Å². The summed E-state index contributed by atoms with van der Waals surface area (Å²) in [5.41, 5.74) is 1.18. The van der Waals surface area contributed by atoms with Crippen molar-refractivity contribution in [2.24, 2.45) is 0 Å². The van der Waals surface area contributed by atoms with Gasteiger partial charge in [0.1, 0.15) is 11.7 Å². The van der Waals surface area contributed by atoms with E-state index in [2.05, 4.69) is 4.98 Å². The SMILES string of the molecule is Cc1ccc(F)c(C(=O)C(C#N)c2cccnc2)c1. The van der Waals surface area contributed by atoms with Crippen molar-refractivity contribution in [3.63, 3.8) is 0 Å². The van der Waals surface area contributed by atoms with Crippen molar-refractivity contribution in [1.82, 2.24) is 4.98 Å². The molecule has 0 fully saturated rings. The average Bonchev–Trinajstić information content (AvgIpc) is 2.43. The predicted molar refractivity (Wildman–Crippen MR) is 68.1 cm³/mol. The largest absolute Gasteiger partial charge is 0.292 e. The lowest BCUT2D eigenvalue weighted by molar-refractivity contribution is 0.0974. The zero-order valence-electron chi connectivity index (χ0n) is 10.3. The molecule has 0 aliphatic rings. The Labute approximate surface area is 110 Å². The number of rotatable bonds is 3. The number of benzene rings is 1. The third-order valence-electron chi connectivity index (χ3n) is 2.80. The number of Topliss-reactive ketones (excluding diaryl/α,β-unsaturated/α-hetero) is 1. The van der Waals surface area contributed by atoms with Gasteiger partial charge in [0.25, 0.3) is 0 Å². The highest BCUT2D eigenvalue weighted by Gasteiger charge is 2.24. The molecule has 0 saturated heterocycles. The van der Waals surface area contributed by atoms with Gasteiger partial charge in [0.2, 0.25) is 0 Å². The van der Waals surface area contributed by atoms with Gasteiger partial charge in [-0.15, -0.1) is 0 Å².